The summed E-state index contributed by atoms with van der Waals surface area (Å²) in [6.07, 6.45) is 1.89. The summed E-state index contributed by atoms with van der Waals surface area (Å²) in [5.74, 6) is 0.858. The van der Waals surface area contributed by atoms with E-state index in [-0.39, 0.29) is 5.91 Å². The van der Waals surface area contributed by atoms with Gasteiger partial charge in [0.15, 0.2) is 0 Å². The van der Waals surface area contributed by atoms with Crippen molar-refractivity contribution in [1.82, 2.24) is 4.90 Å². The van der Waals surface area contributed by atoms with Gasteiger partial charge in [-0.05, 0) is 42.7 Å². The van der Waals surface area contributed by atoms with Crippen LogP contribution in [-0.4, -0.2) is 31.0 Å². The lowest BCUT2D eigenvalue weighted by Crippen LogP contribution is -2.28. The molecule has 0 fully saturated rings. The second-order valence-corrected chi connectivity index (χ2v) is 6.11. The van der Waals surface area contributed by atoms with E-state index in [0.29, 0.717) is 31.0 Å². The van der Waals surface area contributed by atoms with E-state index in [2.05, 4.69) is 0 Å². The summed E-state index contributed by atoms with van der Waals surface area (Å²) < 4.78 is 5.62. The molecule has 5 heteroatoms. The normalized spacial score (nSPS) is 10.4. The minimum atomic E-state index is 0.112. The Kier molecular flexibility index (Phi) is 6.94. The number of rotatable bonds is 8. The molecule has 2 N–H and O–H groups in total. The predicted octanol–water partition coefficient (Wildman–Crippen LogP) is 3.78. The third-order valence-electron chi connectivity index (χ3n) is 3.79. The Bertz CT molecular complexity index is 676. The zero-order valence-electron chi connectivity index (χ0n) is 13.9. The molecule has 24 heavy (non-hydrogen) atoms. The molecule has 2 aromatic carbocycles. The second kappa shape index (κ2) is 9.18. The van der Waals surface area contributed by atoms with E-state index in [1.54, 1.807) is 17.0 Å². The fourth-order valence-corrected chi connectivity index (χ4v) is 2.55. The minimum absolute atomic E-state index is 0.112. The summed E-state index contributed by atoms with van der Waals surface area (Å²) in [5, 5.41) is 0.653. The van der Waals surface area contributed by atoms with Gasteiger partial charge < -0.3 is 15.4 Å². The van der Waals surface area contributed by atoms with Crippen LogP contribution in [0.1, 0.15) is 18.4 Å². The maximum Gasteiger partial charge on any atom is 0.222 e. The summed E-state index contributed by atoms with van der Waals surface area (Å²) >= 11 is 5.90. The lowest BCUT2D eigenvalue weighted by atomic mass is 10.1. The summed E-state index contributed by atoms with van der Waals surface area (Å²) in [4.78, 5) is 13.9. The van der Waals surface area contributed by atoms with Gasteiger partial charge in [-0.1, -0.05) is 35.9 Å². The largest absolute Gasteiger partial charge is 0.493 e. The van der Waals surface area contributed by atoms with Crippen LogP contribution in [0.15, 0.2) is 48.5 Å². The highest BCUT2D eigenvalue weighted by atomic mass is 35.5. The van der Waals surface area contributed by atoms with Crippen molar-refractivity contribution in [2.75, 3.05) is 25.9 Å². The van der Waals surface area contributed by atoms with Crippen LogP contribution in [0.5, 0.6) is 5.75 Å². The second-order valence-electron chi connectivity index (χ2n) is 5.67. The first-order chi connectivity index (χ1) is 11.6. The summed E-state index contributed by atoms with van der Waals surface area (Å²) in [6.45, 7) is 1.20. The number of halogens is 1. The summed E-state index contributed by atoms with van der Waals surface area (Å²) in [7, 11) is 1.82. The molecule has 128 valence electrons. The number of hydrogen-bond donors (Lipinski definition) is 1. The first kappa shape index (κ1) is 18.1. The Morgan fingerprint density at radius 1 is 1.21 bits per heavy atom. The molecule has 4 nitrogen and oxygen atoms in total. The Balaban J connectivity index is 1.67. The van der Waals surface area contributed by atoms with E-state index in [9.17, 15) is 4.79 Å². The number of carbonyl (C=O) groups excluding carboxylic acids is 1. The highest BCUT2D eigenvalue weighted by Gasteiger charge is 2.09. The molecule has 0 saturated carbocycles. The fraction of sp³-hybridized carbons (Fsp3) is 0.316. The van der Waals surface area contributed by atoms with Crippen LogP contribution in [0.4, 0.5) is 5.69 Å². The molecule has 0 unspecified atom stereocenters. The highest BCUT2D eigenvalue weighted by Crippen LogP contribution is 2.17. The third kappa shape index (κ3) is 5.78. The number of anilines is 1. The van der Waals surface area contributed by atoms with E-state index >= 15 is 0 Å². The molecule has 0 aliphatic carbocycles. The molecule has 0 aliphatic heterocycles. The summed E-state index contributed by atoms with van der Waals surface area (Å²) in [6, 6.07) is 15.0. The van der Waals surface area contributed by atoms with Gasteiger partial charge in [0.2, 0.25) is 5.91 Å². The summed E-state index contributed by atoms with van der Waals surface area (Å²) in [5.41, 5.74) is 7.65. The number of benzene rings is 2. The number of ether oxygens (including phenoxy) is 1. The maximum atomic E-state index is 12.2. The van der Waals surface area contributed by atoms with Crippen LogP contribution < -0.4 is 10.5 Å². The molecular weight excluding hydrogens is 324 g/mol. The molecule has 0 spiro atoms. The van der Waals surface area contributed by atoms with Crippen molar-refractivity contribution in [2.24, 2.45) is 0 Å². The van der Waals surface area contributed by atoms with Gasteiger partial charge >= 0.3 is 0 Å². The number of carbonyl (C=O) groups is 1. The zero-order chi connectivity index (χ0) is 17.4. The predicted molar refractivity (Wildman–Crippen MR) is 98.4 cm³/mol. The van der Waals surface area contributed by atoms with Crippen molar-refractivity contribution >= 4 is 23.2 Å². The molecule has 0 radical (unpaired) electrons. The van der Waals surface area contributed by atoms with Gasteiger partial charge in [0.05, 0.1) is 6.61 Å². The zero-order valence-corrected chi connectivity index (χ0v) is 14.6. The van der Waals surface area contributed by atoms with Crippen LogP contribution >= 0.6 is 11.6 Å². The van der Waals surface area contributed by atoms with Gasteiger partial charge in [-0.25, -0.2) is 0 Å². The highest BCUT2D eigenvalue weighted by molar-refractivity contribution is 6.30. The number of hydrogen-bond acceptors (Lipinski definition) is 3. The third-order valence-corrected chi connectivity index (χ3v) is 4.03. The van der Waals surface area contributed by atoms with Crippen LogP contribution in [0.2, 0.25) is 5.02 Å². The minimum Gasteiger partial charge on any atom is -0.493 e. The number of amides is 1. The maximum absolute atomic E-state index is 12.2. The lowest BCUT2D eigenvalue weighted by molar-refractivity contribution is -0.129. The number of nitrogens with two attached hydrogens (primary N) is 1. The number of nitrogen functional groups attached to an aromatic ring is 1. The van der Waals surface area contributed by atoms with E-state index in [0.717, 1.165) is 23.4 Å². The smallest absolute Gasteiger partial charge is 0.222 e. The van der Waals surface area contributed by atoms with Gasteiger partial charge in [-0.3, -0.25) is 4.79 Å². The van der Waals surface area contributed by atoms with Gasteiger partial charge in [-0.15, -0.1) is 0 Å². The van der Waals surface area contributed by atoms with Crippen molar-refractivity contribution < 1.29 is 9.53 Å². The Hall–Kier alpha value is -2.20. The van der Waals surface area contributed by atoms with Crippen molar-refractivity contribution in [2.45, 2.75) is 19.3 Å². The van der Waals surface area contributed by atoms with E-state index in [1.807, 2.05) is 43.4 Å². The van der Waals surface area contributed by atoms with Crippen molar-refractivity contribution in [3.05, 3.63) is 59.1 Å². The quantitative estimate of drug-likeness (QED) is 0.584. The first-order valence-corrected chi connectivity index (χ1v) is 8.40. The van der Waals surface area contributed by atoms with Crippen LogP contribution in [0.25, 0.3) is 0 Å². The first-order valence-electron chi connectivity index (χ1n) is 8.02. The Morgan fingerprint density at radius 2 is 2.00 bits per heavy atom. The average Bonchev–Trinajstić information content (AvgIpc) is 2.57. The van der Waals surface area contributed by atoms with Gasteiger partial charge in [-0.2, -0.15) is 0 Å². The monoisotopic (exact) mass is 346 g/mol. The topological polar surface area (TPSA) is 55.6 Å². The van der Waals surface area contributed by atoms with Gasteiger partial charge in [0.25, 0.3) is 0 Å². The van der Waals surface area contributed by atoms with Crippen LogP contribution in [0, 0.1) is 0 Å². The SMILES string of the molecule is CN(CCCOc1cccc(Cl)c1)C(=O)CCc1ccccc1N. The van der Waals surface area contributed by atoms with Crippen LogP contribution in [0.3, 0.4) is 0 Å². The number of para-hydroxylation sites is 1. The van der Waals surface area contributed by atoms with Crippen LogP contribution in [-0.2, 0) is 11.2 Å². The van der Waals surface area contributed by atoms with E-state index in [4.69, 9.17) is 22.1 Å². The Labute approximate surface area is 148 Å². The molecule has 0 atom stereocenters. The lowest BCUT2D eigenvalue weighted by Gasteiger charge is -2.17. The molecule has 0 saturated heterocycles. The number of nitrogens with zero attached hydrogens (tertiary/aromatic N) is 1. The number of aryl methyl sites for hydroxylation is 1. The molecule has 1 amide bonds. The van der Waals surface area contributed by atoms with Gasteiger partial charge in [0.1, 0.15) is 5.75 Å². The molecule has 0 aliphatic rings. The Morgan fingerprint density at radius 3 is 2.75 bits per heavy atom. The van der Waals surface area contributed by atoms with Crippen molar-refractivity contribution in [1.29, 1.82) is 0 Å². The molecule has 2 rings (SSSR count). The van der Waals surface area contributed by atoms with Crippen molar-refractivity contribution in [3.8, 4) is 5.75 Å². The molecular formula is C19H23ClN2O2. The molecule has 0 bridgehead atoms. The van der Waals surface area contributed by atoms with E-state index in [1.165, 1.54) is 0 Å². The molecule has 2 aromatic rings. The molecule has 0 aromatic heterocycles. The van der Waals surface area contributed by atoms with Gasteiger partial charge in [0, 0.05) is 30.7 Å². The molecule has 0 heterocycles. The average molecular weight is 347 g/mol. The fourth-order valence-electron chi connectivity index (χ4n) is 2.37. The standard InChI is InChI=1S/C19H23ClN2O2/c1-22(12-5-13-24-17-8-4-7-16(20)14-17)19(23)11-10-15-6-2-3-9-18(15)21/h2-4,6-9,14H,5,10-13,21H2,1H3. The van der Waals surface area contributed by atoms with E-state index < -0.39 is 0 Å². The van der Waals surface area contributed by atoms with Crippen molar-refractivity contribution in [3.63, 3.8) is 0 Å².